The maximum absolute atomic E-state index is 13.2. The summed E-state index contributed by atoms with van der Waals surface area (Å²) in [5.74, 6) is 0.691. The molecule has 1 saturated heterocycles. The smallest absolute Gasteiger partial charge is 0.267 e. The summed E-state index contributed by atoms with van der Waals surface area (Å²) in [7, 11) is 0. The van der Waals surface area contributed by atoms with E-state index in [-0.39, 0.29) is 5.91 Å². The molecule has 0 radical (unpaired) electrons. The number of carbonyl (C=O) groups excluding carboxylic acids is 1. The highest BCUT2D eigenvalue weighted by Gasteiger charge is 2.24. The minimum absolute atomic E-state index is 0.0129. The van der Waals surface area contributed by atoms with Gasteiger partial charge in [0.2, 0.25) is 0 Å². The molecule has 0 atom stereocenters. The summed E-state index contributed by atoms with van der Waals surface area (Å²) in [6.45, 7) is 13.1. The van der Waals surface area contributed by atoms with Gasteiger partial charge in [-0.05, 0) is 75.6 Å². The molecule has 33 heavy (non-hydrogen) atoms. The standard InChI is InChI=1S/C26H36ClN3O.C2H6/c1-18-14-19(2)24(27)15-22(18)25-16-23(26(31)28-29-12-8-5-9-13-29)20(3)30(25)17-21-10-6-4-7-11-21;1-2/h14-16,21H,4-13,17H2,1-3H3,(H,28,31);1-2H3. The maximum Gasteiger partial charge on any atom is 0.267 e. The molecule has 0 unspecified atom stereocenters. The fourth-order valence-electron chi connectivity index (χ4n) is 5.27. The normalized spacial score (nSPS) is 17.4. The topological polar surface area (TPSA) is 37.3 Å². The highest BCUT2D eigenvalue weighted by Crippen LogP contribution is 2.34. The van der Waals surface area contributed by atoms with E-state index in [9.17, 15) is 4.79 Å². The number of benzene rings is 1. The average Bonchev–Trinajstić information content (AvgIpc) is 3.15. The van der Waals surface area contributed by atoms with E-state index < -0.39 is 0 Å². The number of hydrogen-bond acceptors (Lipinski definition) is 2. The van der Waals surface area contributed by atoms with Gasteiger partial charge in [-0.15, -0.1) is 0 Å². The first-order chi connectivity index (χ1) is 15.9. The second-order valence-corrected chi connectivity index (χ2v) is 9.96. The lowest BCUT2D eigenvalue weighted by molar-refractivity contribution is 0.0749. The van der Waals surface area contributed by atoms with Crippen LogP contribution in [-0.2, 0) is 6.54 Å². The van der Waals surface area contributed by atoms with Crippen molar-refractivity contribution in [2.75, 3.05) is 13.1 Å². The van der Waals surface area contributed by atoms with Crippen molar-refractivity contribution in [3.8, 4) is 11.3 Å². The molecule has 1 aliphatic heterocycles. The minimum atomic E-state index is 0.0129. The number of halogens is 1. The number of rotatable bonds is 5. The van der Waals surface area contributed by atoms with Crippen molar-refractivity contribution in [2.24, 2.45) is 5.92 Å². The van der Waals surface area contributed by atoms with Gasteiger partial charge in [0.25, 0.3) is 5.91 Å². The summed E-state index contributed by atoms with van der Waals surface area (Å²) >= 11 is 6.52. The van der Waals surface area contributed by atoms with E-state index in [0.29, 0.717) is 5.92 Å². The Morgan fingerprint density at radius 3 is 2.24 bits per heavy atom. The van der Waals surface area contributed by atoms with Gasteiger partial charge in [0.05, 0.1) is 5.56 Å². The number of amides is 1. The molecule has 2 fully saturated rings. The molecule has 4 rings (SSSR count). The van der Waals surface area contributed by atoms with Crippen LogP contribution in [0.15, 0.2) is 18.2 Å². The van der Waals surface area contributed by atoms with E-state index in [1.807, 2.05) is 20.8 Å². The molecular weight excluding hydrogens is 430 g/mol. The van der Waals surface area contributed by atoms with Gasteiger partial charge >= 0.3 is 0 Å². The molecule has 0 bridgehead atoms. The molecular formula is C28H42ClN3O. The van der Waals surface area contributed by atoms with Crippen molar-refractivity contribution in [1.29, 1.82) is 0 Å². The van der Waals surface area contributed by atoms with E-state index in [4.69, 9.17) is 11.6 Å². The molecule has 4 nitrogen and oxygen atoms in total. The van der Waals surface area contributed by atoms with Gasteiger partial charge in [-0.1, -0.05) is 57.2 Å². The Kier molecular flexibility index (Phi) is 9.46. The third-order valence-corrected chi connectivity index (χ3v) is 7.58. The quantitative estimate of drug-likeness (QED) is 0.490. The van der Waals surface area contributed by atoms with Crippen LogP contribution in [-0.4, -0.2) is 28.6 Å². The van der Waals surface area contributed by atoms with Gasteiger partial charge in [0.15, 0.2) is 0 Å². The number of nitrogens with zero attached hydrogens (tertiary/aromatic N) is 2. The summed E-state index contributed by atoms with van der Waals surface area (Å²) in [6.07, 6.45) is 10.1. The van der Waals surface area contributed by atoms with E-state index >= 15 is 0 Å². The molecule has 1 aliphatic carbocycles. The van der Waals surface area contributed by atoms with Crippen LogP contribution in [0.25, 0.3) is 11.3 Å². The predicted molar refractivity (Wildman–Crippen MR) is 140 cm³/mol. The minimum Gasteiger partial charge on any atom is -0.344 e. The second kappa shape index (κ2) is 12.1. The van der Waals surface area contributed by atoms with Crippen LogP contribution >= 0.6 is 11.6 Å². The Bertz CT molecular complexity index is 937. The van der Waals surface area contributed by atoms with Gasteiger partial charge < -0.3 is 4.57 Å². The first-order valence-corrected chi connectivity index (χ1v) is 13.3. The van der Waals surface area contributed by atoms with Crippen LogP contribution in [0.4, 0.5) is 0 Å². The van der Waals surface area contributed by atoms with E-state index in [2.05, 4.69) is 47.0 Å². The molecule has 5 heteroatoms. The summed E-state index contributed by atoms with van der Waals surface area (Å²) in [6, 6.07) is 6.31. The molecule has 2 aromatic rings. The van der Waals surface area contributed by atoms with E-state index in [1.54, 1.807) is 0 Å². The lowest BCUT2D eigenvalue weighted by Gasteiger charge is -2.27. The molecule has 1 saturated carbocycles. The fourth-order valence-corrected chi connectivity index (χ4v) is 5.44. The summed E-state index contributed by atoms with van der Waals surface area (Å²) < 4.78 is 2.38. The molecule has 0 spiro atoms. The van der Waals surface area contributed by atoms with E-state index in [0.717, 1.165) is 65.6 Å². The van der Waals surface area contributed by atoms with Gasteiger partial charge in [-0.2, -0.15) is 0 Å². The van der Waals surface area contributed by atoms with Gasteiger partial charge in [0.1, 0.15) is 0 Å². The van der Waals surface area contributed by atoms with Crippen LogP contribution in [0.1, 0.15) is 92.4 Å². The molecule has 2 heterocycles. The predicted octanol–water partition coefficient (Wildman–Crippen LogP) is 7.47. The number of nitrogens with one attached hydrogen (secondary N) is 1. The zero-order chi connectivity index (χ0) is 24.0. The number of carbonyl (C=O) groups is 1. The highest BCUT2D eigenvalue weighted by molar-refractivity contribution is 6.31. The van der Waals surface area contributed by atoms with Crippen LogP contribution < -0.4 is 5.43 Å². The van der Waals surface area contributed by atoms with Crippen LogP contribution in [0.3, 0.4) is 0 Å². The van der Waals surface area contributed by atoms with Gasteiger partial charge in [-0.3, -0.25) is 10.2 Å². The van der Waals surface area contributed by atoms with Crippen LogP contribution in [0, 0.1) is 26.7 Å². The Morgan fingerprint density at radius 1 is 0.939 bits per heavy atom. The summed E-state index contributed by atoms with van der Waals surface area (Å²) in [4.78, 5) is 13.2. The van der Waals surface area contributed by atoms with Gasteiger partial charge in [-0.25, -0.2) is 5.01 Å². The fraction of sp³-hybridized carbons (Fsp3) is 0.607. The number of hydrogen-bond donors (Lipinski definition) is 1. The molecule has 1 N–H and O–H groups in total. The molecule has 2 aliphatic rings. The lowest BCUT2D eigenvalue weighted by atomic mass is 9.89. The number of piperidine rings is 1. The second-order valence-electron chi connectivity index (χ2n) is 9.55. The van der Waals surface area contributed by atoms with Crippen molar-refractivity contribution < 1.29 is 4.79 Å². The largest absolute Gasteiger partial charge is 0.344 e. The average molecular weight is 472 g/mol. The van der Waals surface area contributed by atoms with Crippen LogP contribution in [0.2, 0.25) is 5.02 Å². The number of aryl methyl sites for hydroxylation is 2. The monoisotopic (exact) mass is 471 g/mol. The first-order valence-electron chi connectivity index (χ1n) is 13.0. The molecule has 1 aromatic carbocycles. The summed E-state index contributed by atoms with van der Waals surface area (Å²) in [5, 5.41) is 2.86. The van der Waals surface area contributed by atoms with Crippen molar-refractivity contribution in [3.05, 3.63) is 45.6 Å². The van der Waals surface area contributed by atoms with E-state index in [1.165, 1.54) is 44.1 Å². The SMILES string of the molecule is CC.Cc1cc(C)c(-c2cc(C(=O)NN3CCCCC3)c(C)n2CC2CCCCC2)cc1Cl. The third-order valence-electron chi connectivity index (χ3n) is 7.17. The zero-order valence-corrected chi connectivity index (χ0v) is 22.0. The number of aromatic nitrogens is 1. The molecule has 182 valence electrons. The van der Waals surface area contributed by atoms with Crippen molar-refractivity contribution in [3.63, 3.8) is 0 Å². The first kappa shape index (κ1) is 25.8. The number of hydrazine groups is 1. The zero-order valence-electron chi connectivity index (χ0n) is 21.3. The Hall–Kier alpha value is -1.78. The third kappa shape index (κ3) is 6.22. The highest BCUT2D eigenvalue weighted by atomic mass is 35.5. The molecule has 1 aromatic heterocycles. The lowest BCUT2D eigenvalue weighted by Crippen LogP contribution is -2.45. The molecule has 1 amide bonds. The van der Waals surface area contributed by atoms with Crippen LogP contribution in [0.5, 0.6) is 0 Å². The van der Waals surface area contributed by atoms with Crippen molar-refractivity contribution in [2.45, 2.75) is 92.5 Å². The van der Waals surface area contributed by atoms with Crippen molar-refractivity contribution in [1.82, 2.24) is 15.0 Å². The Labute approximate surface area is 205 Å². The van der Waals surface area contributed by atoms with Crippen molar-refractivity contribution >= 4 is 17.5 Å². The maximum atomic E-state index is 13.2. The summed E-state index contributed by atoms with van der Waals surface area (Å²) in [5.41, 5.74) is 9.55. The van der Waals surface area contributed by atoms with Gasteiger partial charge in [0, 0.05) is 41.6 Å². The Morgan fingerprint density at radius 2 is 1.58 bits per heavy atom. The Balaban J connectivity index is 0.00000149.